The molecule has 3 aromatic heterocycles. The molecule has 35 heavy (non-hydrogen) atoms. The summed E-state index contributed by atoms with van der Waals surface area (Å²) < 4.78 is 2.07. The number of aryl methyl sites for hydroxylation is 1. The fourth-order valence-corrected chi connectivity index (χ4v) is 4.79. The number of pyridine rings is 2. The lowest BCUT2D eigenvalue weighted by atomic mass is 10.0. The van der Waals surface area contributed by atoms with Gasteiger partial charge in [0.2, 0.25) is 5.91 Å². The molecule has 2 atom stereocenters. The Bertz CT molecular complexity index is 1320. The summed E-state index contributed by atoms with van der Waals surface area (Å²) in [7, 11) is 0. The van der Waals surface area contributed by atoms with Crippen molar-refractivity contribution in [3.05, 3.63) is 108 Å². The van der Waals surface area contributed by atoms with E-state index in [1.807, 2.05) is 79.9 Å². The summed E-state index contributed by atoms with van der Waals surface area (Å²) in [6.07, 6.45) is 5.86. The zero-order valence-corrected chi connectivity index (χ0v) is 20.2. The molecule has 1 amide bonds. The second-order valence-electron chi connectivity index (χ2n) is 8.42. The Morgan fingerprint density at radius 3 is 2.51 bits per heavy atom. The van der Waals surface area contributed by atoms with E-state index in [1.165, 1.54) is 0 Å². The first-order valence-corrected chi connectivity index (χ1v) is 11.9. The topological polar surface area (TPSA) is 75.1 Å². The highest BCUT2D eigenvalue weighted by Gasteiger charge is 2.41. The number of carbonyl (C=O) groups excluding carboxylic acids is 1. The van der Waals surface area contributed by atoms with E-state index in [2.05, 4.69) is 36.1 Å². The average Bonchev–Trinajstić information content (AvgIpc) is 3.49. The number of nitrogens with one attached hydrogen (secondary N) is 2. The summed E-state index contributed by atoms with van der Waals surface area (Å²) in [4.78, 5) is 24.1. The summed E-state index contributed by atoms with van der Waals surface area (Å²) in [6.45, 7) is 2.44. The minimum atomic E-state index is -0.166. The van der Waals surface area contributed by atoms with Crippen LogP contribution < -0.4 is 10.6 Å². The molecule has 2 N–H and O–H groups in total. The van der Waals surface area contributed by atoms with Crippen molar-refractivity contribution in [2.75, 3.05) is 11.9 Å². The summed E-state index contributed by atoms with van der Waals surface area (Å²) in [5, 5.41) is 7.07. The molecule has 0 unspecified atom stereocenters. The first-order chi connectivity index (χ1) is 17.1. The van der Waals surface area contributed by atoms with Crippen molar-refractivity contribution in [1.29, 1.82) is 0 Å². The SMILES string of the molecule is Cc1ccccc1NC(=O)CCN1C(=S)N[C@H](c2ccccn2)[C@H]1c1cccn1-c1ccccn1. The van der Waals surface area contributed by atoms with Crippen molar-refractivity contribution < 1.29 is 4.79 Å². The molecule has 1 aliphatic rings. The largest absolute Gasteiger partial charge is 0.352 e. The molecule has 4 heterocycles. The van der Waals surface area contributed by atoms with Crippen molar-refractivity contribution in [2.45, 2.75) is 25.4 Å². The Morgan fingerprint density at radius 2 is 1.77 bits per heavy atom. The average molecular weight is 483 g/mol. The molecule has 176 valence electrons. The molecular formula is C27H26N6OS. The molecule has 4 aromatic rings. The number of carbonyl (C=O) groups is 1. The van der Waals surface area contributed by atoms with Gasteiger partial charge in [0.05, 0.1) is 17.8 Å². The quantitative estimate of drug-likeness (QED) is 0.376. The maximum absolute atomic E-state index is 12.8. The van der Waals surface area contributed by atoms with E-state index in [4.69, 9.17) is 12.2 Å². The van der Waals surface area contributed by atoms with Crippen LogP contribution in [0.4, 0.5) is 5.69 Å². The molecule has 7 nitrogen and oxygen atoms in total. The number of aromatic nitrogens is 3. The van der Waals surface area contributed by atoms with E-state index in [0.717, 1.165) is 28.5 Å². The highest BCUT2D eigenvalue weighted by Crippen LogP contribution is 2.39. The van der Waals surface area contributed by atoms with Gasteiger partial charge in [-0.25, -0.2) is 4.98 Å². The van der Waals surface area contributed by atoms with Gasteiger partial charge in [-0.1, -0.05) is 30.3 Å². The number of hydrogen-bond donors (Lipinski definition) is 2. The molecule has 0 radical (unpaired) electrons. The summed E-state index contributed by atoms with van der Waals surface area (Å²) in [5.74, 6) is 0.768. The molecule has 5 rings (SSSR count). The second kappa shape index (κ2) is 10.1. The standard InChI is InChI=1S/C27H26N6OS/c1-19-9-2-3-10-20(19)30-24(34)14-18-33-26(25(31-27(33)35)21-11-4-6-15-28-21)22-12-8-17-32(22)23-13-5-7-16-29-23/h2-13,15-17,25-26H,14,18H2,1H3,(H,30,34)(H,31,35)/t25-,26-/m1/s1. The maximum atomic E-state index is 12.8. The van der Waals surface area contributed by atoms with Gasteiger partial charge in [-0.05, 0) is 67.2 Å². The summed E-state index contributed by atoms with van der Waals surface area (Å²) in [6, 6.07) is 23.2. The van der Waals surface area contributed by atoms with Crippen LogP contribution in [0.25, 0.3) is 5.82 Å². The van der Waals surface area contributed by atoms with Crippen LogP contribution in [-0.2, 0) is 4.79 Å². The lowest BCUT2D eigenvalue weighted by Gasteiger charge is -2.28. The van der Waals surface area contributed by atoms with Gasteiger partial charge in [-0.2, -0.15) is 0 Å². The third-order valence-corrected chi connectivity index (χ3v) is 6.53. The van der Waals surface area contributed by atoms with E-state index in [-0.39, 0.29) is 18.0 Å². The molecule has 1 fully saturated rings. The van der Waals surface area contributed by atoms with Crippen molar-refractivity contribution in [3.8, 4) is 5.82 Å². The molecule has 8 heteroatoms. The Kier molecular flexibility index (Phi) is 6.54. The van der Waals surface area contributed by atoms with Crippen molar-refractivity contribution in [1.82, 2.24) is 24.8 Å². The molecule has 1 aromatic carbocycles. The predicted octanol–water partition coefficient (Wildman–Crippen LogP) is 4.58. The van der Waals surface area contributed by atoms with E-state index in [9.17, 15) is 4.79 Å². The van der Waals surface area contributed by atoms with Crippen LogP contribution in [0.15, 0.2) is 91.4 Å². The number of nitrogens with zero attached hydrogens (tertiary/aromatic N) is 4. The van der Waals surface area contributed by atoms with Crippen LogP contribution >= 0.6 is 12.2 Å². The summed E-state index contributed by atoms with van der Waals surface area (Å²) in [5.41, 5.74) is 3.76. The minimum Gasteiger partial charge on any atom is -0.352 e. The molecule has 1 aliphatic heterocycles. The monoisotopic (exact) mass is 482 g/mol. The van der Waals surface area contributed by atoms with Crippen molar-refractivity contribution in [3.63, 3.8) is 0 Å². The van der Waals surface area contributed by atoms with Gasteiger partial charge in [0.15, 0.2) is 5.11 Å². The highest BCUT2D eigenvalue weighted by molar-refractivity contribution is 7.80. The van der Waals surface area contributed by atoms with E-state index in [0.29, 0.717) is 18.1 Å². The number of benzene rings is 1. The predicted molar refractivity (Wildman–Crippen MR) is 140 cm³/mol. The molecule has 0 spiro atoms. The number of hydrogen-bond acceptors (Lipinski definition) is 4. The molecule has 0 aliphatic carbocycles. The maximum Gasteiger partial charge on any atom is 0.226 e. The highest BCUT2D eigenvalue weighted by atomic mass is 32.1. The number of rotatable bonds is 7. The zero-order valence-electron chi connectivity index (χ0n) is 19.3. The molecular weight excluding hydrogens is 456 g/mol. The molecule has 1 saturated heterocycles. The smallest absolute Gasteiger partial charge is 0.226 e. The van der Waals surface area contributed by atoms with Gasteiger partial charge in [0, 0.05) is 42.9 Å². The zero-order chi connectivity index (χ0) is 24.2. The Morgan fingerprint density at radius 1 is 1.00 bits per heavy atom. The van der Waals surface area contributed by atoms with Crippen LogP contribution in [0.1, 0.15) is 35.5 Å². The van der Waals surface area contributed by atoms with Gasteiger partial charge >= 0.3 is 0 Å². The van der Waals surface area contributed by atoms with Gasteiger partial charge in [0.25, 0.3) is 0 Å². The fourth-order valence-electron chi connectivity index (χ4n) is 4.46. The van der Waals surface area contributed by atoms with Crippen LogP contribution in [0.5, 0.6) is 0 Å². The lowest BCUT2D eigenvalue weighted by molar-refractivity contribution is -0.116. The van der Waals surface area contributed by atoms with Crippen LogP contribution in [0, 0.1) is 6.92 Å². The van der Waals surface area contributed by atoms with Crippen molar-refractivity contribution >= 4 is 28.9 Å². The number of thiocarbonyl (C=S) groups is 1. The first-order valence-electron chi connectivity index (χ1n) is 11.5. The normalized spacial score (nSPS) is 17.3. The van der Waals surface area contributed by atoms with Gasteiger partial charge in [-0.15, -0.1) is 0 Å². The number of anilines is 1. The minimum absolute atomic E-state index is 0.0535. The van der Waals surface area contributed by atoms with Crippen LogP contribution in [0.3, 0.4) is 0 Å². The Balaban J connectivity index is 1.44. The third-order valence-electron chi connectivity index (χ3n) is 6.18. The first kappa shape index (κ1) is 22.7. The van der Waals surface area contributed by atoms with E-state index >= 15 is 0 Å². The van der Waals surface area contributed by atoms with E-state index < -0.39 is 0 Å². The number of amides is 1. The molecule has 0 saturated carbocycles. The number of para-hydroxylation sites is 1. The van der Waals surface area contributed by atoms with Gasteiger partial charge < -0.3 is 20.1 Å². The second-order valence-corrected chi connectivity index (χ2v) is 8.81. The van der Waals surface area contributed by atoms with E-state index in [1.54, 1.807) is 12.4 Å². The van der Waals surface area contributed by atoms with Crippen molar-refractivity contribution in [2.24, 2.45) is 0 Å². The Hall–Kier alpha value is -4.04. The Labute approximate surface area is 209 Å². The van der Waals surface area contributed by atoms with Crippen LogP contribution in [-0.4, -0.2) is 37.0 Å². The molecule has 0 bridgehead atoms. The third kappa shape index (κ3) is 4.79. The fraction of sp³-hybridized carbons (Fsp3) is 0.185. The van der Waals surface area contributed by atoms with Gasteiger partial charge in [0.1, 0.15) is 5.82 Å². The lowest BCUT2D eigenvalue weighted by Crippen LogP contribution is -2.33. The van der Waals surface area contributed by atoms with Crippen LogP contribution in [0.2, 0.25) is 0 Å². The summed E-state index contributed by atoms with van der Waals surface area (Å²) >= 11 is 5.76. The van der Waals surface area contributed by atoms with Gasteiger partial charge in [-0.3, -0.25) is 9.78 Å².